The van der Waals surface area contributed by atoms with E-state index in [-0.39, 0.29) is 12.3 Å². The van der Waals surface area contributed by atoms with E-state index >= 15 is 0 Å². The summed E-state index contributed by atoms with van der Waals surface area (Å²) in [5.74, 6) is 0.741. The molecule has 1 heterocycles. The van der Waals surface area contributed by atoms with E-state index in [1.807, 2.05) is 49.4 Å². The third kappa shape index (κ3) is 4.71. The lowest BCUT2D eigenvalue weighted by atomic mass is 10.1. The van der Waals surface area contributed by atoms with E-state index < -0.39 is 10.0 Å². The molecule has 0 aliphatic heterocycles. The summed E-state index contributed by atoms with van der Waals surface area (Å²) < 4.78 is 32.7. The number of hydrogen-bond donors (Lipinski definition) is 2. The number of benzene rings is 2. The van der Waals surface area contributed by atoms with Crippen LogP contribution < -0.4 is 9.46 Å². The molecule has 26 heavy (non-hydrogen) atoms. The second kappa shape index (κ2) is 8.16. The van der Waals surface area contributed by atoms with Gasteiger partial charge in [-0.2, -0.15) is 5.10 Å². The average molecular weight is 371 g/mol. The fraction of sp³-hybridized carbons (Fsp3) is 0.211. The number of aromatic nitrogens is 2. The Morgan fingerprint density at radius 2 is 1.81 bits per heavy atom. The lowest BCUT2D eigenvalue weighted by Crippen LogP contribution is -2.24. The van der Waals surface area contributed by atoms with E-state index in [1.165, 1.54) is 0 Å². The van der Waals surface area contributed by atoms with Gasteiger partial charge in [-0.3, -0.25) is 5.10 Å². The molecule has 0 unspecified atom stereocenters. The highest BCUT2D eigenvalue weighted by atomic mass is 32.2. The van der Waals surface area contributed by atoms with Crippen molar-refractivity contribution in [2.24, 2.45) is 0 Å². The first kappa shape index (κ1) is 18.2. The molecule has 0 radical (unpaired) electrons. The summed E-state index contributed by atoms with van der Waals surface area (Å²) in [5.41, 5.74) is 3.24. The van der Waals surface area contributed by atoms with Gasteiger partial charge in [0.15, 0.2) is 0 Å². The second-order valence-electron chi connectivity index (χ2n) is 5.79. The molecular formula is C19H21N3O3S. The van der Waals surface area contributed by atoms with Gasteiger partial charge in [-0.1, -0.05) is 30.3 Å². The fourth-order valence-electron chi connectivity index (χ4n) is 2.61. The lowest BCUT2D eigenvalue weighted by molar-refractivity contribution is 0.340. The highest BCUT2D eigenvalue weighted by molar-refractivity contribution is 7.88. The van der Waals surface area contributed by atoms with Crippen molar-refractivity contribution in [2.45, 2.75) is 19.2 Å². The zero-order chi connectivity index (χ0) is 18.4. The zero-order valence-electron chi connectivity index (χ0n) is 14.5. The lowest BCUT2D eigenvalue weighted by Gasteiger charge is -2.08. The number of rotatable bonds is 8. The van der Waals surface area contributed by atoms with Gasteiger partial charge in [0.05, 0.1) is 24.3 Å². The average Bonchev–Trinajstić information content (AvgIpc) is 3.10. The molecule has 3 rings (SSSR count). The Balaban J connectivity index is 1.69. The SMILES string of the molecule is CCOc1ccc(-c2[nH]ncc2CNS(=O)(=O)Cc2ccccc2)cc1. The largest absolute Gasteiger partial charge is 0.494 e. The quantitative estimate of drug-likeness (QED) is 0.637. The molecule has 2 aromatic carbocycles. The molecular weight excluding hydrogens is 350 g/mol. The summed E-state index contributed by atoms with van der Waals surface area (Å²) in [6.45, 7) is 2.72. The molecule has 0 aliphatic carbocycles. The smallest absolute Gasteiger partial charge is 0.216 e. The van der Waals surface area contributed by atoms with Gasteiger partial charge in [0, 0.05) is 17.7 Å². The molecule has 0 bridgehead atoms. The van der Waals surface area contributed by atoms with Gasteiger partial charge in [-0.25, -0.2) is 13.1 Å². The van der Waals surface area contributed by atoms with Crippen LogP contribution in [-0.4, -0.2) is 25.2 Å². The molecule has 0 amide bonds. The third-order valence-electron chi connectivity index (χ3n) is 3.85. The first-order chi connectivity index (χ1) is 12.6. The number of nitrogens with zero attached hydrogens (tertiary/aromatic N) is 1. The minimum Gasteiger partial charge on any atom is -0.494 e. The van der Waals surface area contributed by atoms with Crippen LogP contribution in [0.5, 0.6) is 5.75 Å². The van der Waals surface area contributed by atoms with Crippen LogP contribution in [0.4, 0.5) is 0 Å². The highest BCUT2D eigenvalue weighted by Crippen LogP contribution is 2.24. The highest BCUT2D eigenvalue weighted by Gasteiger charge is 2.14. The van der Waals surface area contributed by atoms with Crippen LogP contribution >= 0.6 is 0 Å². The Hall–Kier alpha value is -2.64. The van der Waals surface area contributed by atoms with Crippen molar-refractivity contribution in [3.8, 4) is 17.0 Å². The van der Waals surface area contributed by atoms with Crippen LogP contribution in [0.2, 0.25) is 0 Å². The predicted molar refractivity (Wildman–Crippen MR) is 101 cm³/mol. The van der Waals surface area contributed by atoms with Crippen LogP contribution in [0.15, 0.2) is 60.8 Å². The van der Waals surface area contributed by atoms with E-state index in [0.717, 1.165) is 28.1 Å². The summed E-state index contributed by atoms with van der Waals surface area (Å²) in [7, 11) is -3.44. The zero-order valence-corrected chi connectivity index (χ0v) is 15.3. The number of nitrogens with one attached hydrogen (secondary N) is 2. The predicted octanol–water partition coefficient (Wildman–Crippen LogP) is 3.10. The van der Waals surface area contributed by atoms with Gasteiger partial charge in [-0.05, 0) is 36.8 Å². The van der Waals surface area contributed by atoms with Gasteiger partial charge >= 0.3 is 0 Å². The summed E-state index contributed by atoms with van der Waals surface area (Å²) in [4.78, 5) is 0. The minimum absolute atomic E-state index is 0.0515. The van der Waals surface area contributed by atoms with Gasteiger partial charge in [0.2, 0.25) is 10.0 Å². The molecule has 1 aromatic heterocycles. The maximum absolute atomic E-state index is 12.3. The number of H-pyrrole nitrogens is 1. The number of ether oxygens (including phenoxy) is 1. The van der Waals surface area contributed by atoms with E-state index in [2.05, 4.69) is 14.9 Å². The van der Waals surface area contributed by atoms with Gasteiger partial charge in [0.25, 0.3) is 0 Å². The molecule has 7 heteroatoms. The molecule has 0 aliphatic rings. The third-order valence-corrected chi connectivity index (χ3v) is 5.15. The summed E-state index contributed by atoms with van der Waals surface area (Å²) in [5, 5.41) is 6.98. The normalized spacial score (nSPS) is 11.4. The van der Waals surface area contributed by atoms with Gasteiger partial charge in [-0.15, -0.1) is 0 Å². The summed E-state index contributed by atoms with van der Waals surface area (Å²) >= 11 is 0. The molecule has 0 spiro atoms. The molecule has 0 saturated heterocycles. The van der Waals surface area contributed by atoms with Crippen LogP contribution in [0.3, 0.4) is 0 Å². The van der Waals surface area contributed by atoms with Crippen molar-refractivity contribution in [1.82, 2.24) is 14.9 Å². The summed E-state index contributed by atoms with van der Waals surface area (Å²) in [6, 6.07) is 16.7. The Morgan fingerprint density at radius 3 is 2.50 bits per heavy atom. The Kier molecular flexibility index (Phi) is 5.70. The van der Waals surface area contributed by atoms with Crippen LogP contribution in [0.25, 0.3) is 11.3 Å². The van der Waals surface area contributed by atoms with Crippen molar-refractivity contribution in [2.75, 3.05) is 6.61 Å². The van der Waals surface area contributed by atoms with Crippen molar-refractivity contribution in [3.05, 3.63) is 71.9 Å². The molecule has 6 nitrogen and oxygen atoms in total. The standard InChI is InChI=1S/C19H21N3O3S/c1-2-25-18-10-8-16(9-11-18)19-17(12-20-22-19)13-21-26(23,24)14-15-6-4-3-5-7-15/h3-12,21H,2,13-14H2,1H3,(H,20,22). The Morgan fingerprint density at radius 1 is 1.08 bits per heavy atom. The topological polar surface area (TPSA) is 84.1 Å². The maximum Gasteiger partial charge on any atom is 0.216 e. The number of aromatic amines is 1. The molecule has 0 fully saturated rings. The van der Waals surface area contributed by atoms with Gasteiger partial charge in [0.1, 0.15) is 5.75 Å². The number of hydrogen-bond acceptors (Lipinski definition) is 4. The van der Waals surface area contributed by atoms with Crippen molar-refractivity contribution in [1.29, 1.82) is 0 Å². The molecule has 0 atom stereocenters. The van der Waals surface area contributed by atoms with Gasteiger partial charge < -0.3 is 4.74 Å². The Labute approximate surface area is 153 Å². The minimum atomic E-state index is -3.44. The van der Waals surface area contributed by atoms with Crippen molar-refractivity contribution in [3.63, 3.8) is 0 Å². The van der Waals surface area contributed by atoms with Crippen molar-refractivity contribution < 1.29 is 13.2 Å². The first-order valence-corrected chi connectivity index (χ1v) is 9.99. The van der Waals surface area contributed by atoms with Crippen LogP contribution in [0.1, 0.15) is 18.1 Å². The van der Waals surface area contributed by atoms with E-state index in [0.29, 0.717) is 6.61 Å². The van der Waals surface area contributed by atoms with E-state index in [1.54, 1.807) is 18.3 Å². The first-order valence-electron chi connectivity index (χ1n) is 8.34. The molecule has 0 saturated carbocycles. The molecule has 136 valence electrons. The summed E-state index contributed by atoms with van der Waals surface area (Å²) in [6.07, 6.45) is 1.64. The second-order valence-corrected chi connectivity index (χ2v) is 7.60. The van der Waals surface area contributed by atoms with Crippen molar-refractivity contribution >= 4 is 10.0 Å². The molecule has 3 aromatic rings. The monoisotopic (exact) mass is 371 g/mol. The Bertz CT molecular complexity index is 936. The molecule has 2 N–H and O–H groups in total. The maximum atomic E-state index is 12.3. The van der Waals surface area contributed by atoms with Crippen LogP contribution in [-0.2, 0) is 22.3 Å². The fourth-order valence-corrected chi connectivity index (χ4v) is 3.72. The number of sulfonamides is 1. The van der Waals surface area contributed by atoms with E-state index in [4.69, 9.17) is 4.74 Å². The van der Waals surface area contributed by atoms with E-state index in [9.17, 15) is 8.42 Å². The van der Waals surface area contributed by atoms with Crippen LogP contribution in [0, 0.1) is 0 Å².